The Hall–Kier alpha value is -2.99. The van der Waals surface area contributed by atoms with Gasteiger partial charge in [-0.25, -0.2) is 22.2 Å². The molecule has 3 fully saturated rings. The van der Waals surface area contributed by atoms with Crippen LogP contribution in [0, 0.1) is 5.41 Å². The number of aromatic nitrogens is 1. The molecule has 5 rings (SSSR count). The van der Waals surface area contributed by atoms with Crippen LogP contribution in [0.1, 0.15) is 43.0 Å². The van der Waals surface area contributed by atoms with Crippen LogP contribution in [-0.4, -0.2) is 68.4 Å². The Morgan fingerprint density at radius 2 is 1.81 bits per heavy atom. The molecule has 3 aliphatic rings. The average molecular weight is 536 g/mol. The van der Waals surface area contributed by atoms with Crippen LogP contribution in [0.15, 0.2) is 36.4 Å². The highest BCUT2D eigenvalue weighted by atomic mass is 32.2. The van der Waals surface area contributed by atoms with Gasteiger partial charge in [0.05, 0.1) is 36.6 Å². The van der Waals surface area contributed by atoms with Gasteiger partial charge < -0.3 is 20.2 Å². The van der Waals surface area contributed by atoms with Crippen LogP contribution in [0.5, 0.6) is 0 Å². The van der Waals surface area contributed by atoms with Gasteiger partial charge in [0.25, 0.3) is 11.8 Å². The van der Waals surface area contributed by atoms with Crippen LogP contribution in [0.4, 0.5) is 31.8 Å². The molecule has 3 heterocycles. The first-order chi connectivity index (χ1) is 17.5. The lowest BCUT2D eigenvalue weighted by molar-refractivity contribution is -0.0267. The van der Waals surface area contributed by atoms with Gasteiger partial charge in [-0.1, -0.05) is 6.07 Å². The number of carbonyl (C=O) groups is 1. The number of nitrogens with zero attached hydrogens (tertiary/aromatic N) is 3. The van der Waals surface area contributed by atoms with Crippen LogP contribution in [0.3, 0.4) is 0 Å². The number of carbonyl (C=O) groups excluding carboxylic acids is 1. The lowest BCUT2D eigenvalue weighted by Crippen LogP contribution is -2.56. The van der Waals surface area contributed by atoms with Gasteiger partial charge in [0, 0.05) is 13.1 Å². The molecule has 1 amide bonds. The largest absolute Gasteiger partial charge is 0.395 e. The summed E-state index contributed by atoms with van der Waals surface area (Å²) in [7, 11) is -3.81. The lowest BCUT2D eigenvalue weighted by atomic mass is 9.93. The summed E-state index contributed by atoms with van der Waals surface area (Å²) in [5, 5.41) is 11.1. The summed E-state index contributed by atoms with van der Waals surface area (Å²) < 4.78 is 54.1. The summed E-state index contributed by atoms with van der Waals surface area (Å²) in [5.74, 6) is -2.57. The van der Waals surface area contributed by atoms with E-state index in [4.69, 9.17) is 0 Å². The maximum Gasteiger partial charge on any atom is 0.282 e. The van der Waals surface area contributed by atoms with Gasteiger partial charge in [0.2, 0.25) is 10.0 Å². The predicted octanol–water partition coefficient (Wildman–Crippen LogP) is 3.29. The van der Waals surface area contributed by atoms with E-state index in [9.17, 15) is 27.1 Å². The summed E-state index contributed by atoms with van der Waals surface area (Å²) >= 11 is 0. The Morgan fingerprint density at radius 1 is 1.11 bits per heavy atom. The third-order valence-corrected chi connectivity index (χ3v) is 9.28. The van der Waals surface area contributed by atoms with Crippen molar-refractivity contribution in [2.45, 2.75) is 43.8 Å². The van der Waals surface area contributed by atoms with Crippen LogP contribution < -0.4 is 19.8 Å². The molecule has 2 aliphatic heterocycles. The van der Waals surface area contributed by atoms with Gasteiger partial charge in [-0.2, -0.15) is 0 Å². The number of anilines is 4. The van der Waals surface area contributed by atoms with Crippen molar-refractivity contribution in [2.24, 2.45) is 5.41 Å². The van der Waals surface area contributed by atoms with Gasteiger partial charge in [-0.3, -0.25) is 9.52 Å². The molecule has 1 saturated carbocycles. The van der Waals surface area contributed by atoms with Gasteiger partial charge >= 0.3 is 0 Å². The van der Waals surface area contributed by atoms with Gasteiger partial charge in [-0.15, -0.1) is 0 Å². The first-order valence-corrected chi connectivity index (χ1v) is 14.0. The zero-order chi connectivity index (χ0) is 26.4. The number of alkyl halides is 2. The maximum absolute atomic E-state index is 13.4. The van der Waals surface area contributed by atoms with E-state index in [1.165, 1.54) is 30.7 Å². The number of nitrogens with one attached hydrogen (secondary N) is 2. The highest BCUT2D eigenvalue weighted by molar-refractivity contribution is 7.93. The molecule has 1 aliphatic carbocycles. The third kappa shape index (κ3) is 5.49. The van der Waals surface area contributed by atoms with E-state index in [1.54, 1.807) is 30.3 Å². The Labute approximate surface area is 214 Å². The Morgan fingerprint density at radius 3 is 2.43 bits per heavy atom. The normalized spacial score (nSPS) is 20.8. The summed E-state index contributed by atoms with van der Waals surface area (Å²) in [6.07, 6.45) is 4.46. The van der Waals surface area contributed by atoms with Crippen molar-refractivity contribution < 1.29 is 27.1 Å². The Kier molecular flexibility index (Phi) is 6.51. The summed E-state index contributed by atoms with van der Waals surface area (Å²) in [6.45, 7) is 1.57. The van der Waals surface area contributed by atoms with E-state index in [0.717, 1.165) is 25.9 Å². The molecule has 1 spiro atoms. The molecule has 3 N–H and O–H groups in total. The average Bonchev–Trinajstić information content (AvgIpc) is 3.60. The number of piperidine rings is 1. The number of rotatable bonds is 8. The molecule has 2 saturated heterocycles. The third-order valence-electron chi connectivity index (χ3n) is 7.56. The molecule has 0 bridgehead atoms. The fourth-order valence-corrected chi connectivity index (χ4v) is 5.69. The quantitative estimate of drug-likeness (QED) is 0.475. The molecule has 1 aromatic carbocycles. The second kappa shape index (κ2) is 9.39. The molecular weight excluding hydrogens is 504 g/mol. The Balaban J connectivity index is 1.38. The first-order valence-electron chi connectivity index (χ1n) is 12.4. The van der Waals surface area contributed by atoms with Crippen molar-refractivity contribution in [3.8, 4) is 0 Å². The number of halogens is 2. The molecule has 0 unspecified atom stereocenters. The highest BCUT2D eigenvalue weighted by Crippen LogP contribution is 2.54. The lowest BCUT2D eigenvalue weighted by Gasteiger charge is -2.39. The van der Waals surface area contributed by atoms with Crippen molar-refractivity contribution >= 4 is 38.9 Å². The van der Waals surface area contributed by atoms with Crippen molar-refractivity contribution in [2.75, 3.05) is 52.6 Å². The van der Waals surface area contributed by atoms with Gasteiger partial charge in [0.1, 0.15) is 16.9 Å². The SMILES string of the molecule is C[C@H](CO)S(=O)(=O)Nc1ccc(C(=O)Nc2cccc(N3CC(F)(F)C3)n2)c(N2CCC3(CC2)CC3)c1. The highest BCUT2D eigenvalue weighted by Gasteiger charge is 2.45. The molecule has 1 atom stereocenters. The zero-order valence-corrected chi connectivity index (χ0v) is 21.4. The fraction of sp³-hybridized carbons (Fsp3) is 0.520. The molecule has 1 aromatic heterocycles. The molecule has 2 aromatic rings. The van der Waals surface area contributed by atoms with E-state index in [1.807, 2.05) is 0 Å². The minimum absolute atomic E-state index is 0.237. The molecule has 9 nitrogen and oxygen atoms in total. The van der Waals surface area contributed by atoms with Crippen LogP contribution in [0.25, 0.3) is 0 Å². The van der Waals surface area contributed by atoms with Gasteiger partial charge in [0.15, 0.2) is 0 Å². The number of hydrogen-bond acceptors (Lipinski definition) is 7. The number of pyridine rings is 1. The molecule has 37 heavy (non-hydrogen) atoms. The standard InChI is InChI=1S/C25H31F2N5O4S/c1-17(14-33)37(35,36)30-18-5-6-19(20(13-18)31-11-9-24(7-8-24)10-12-31)23(34)29-21-3-2-4-22(28-21)32-15-25(26,27)16-32/h2-6,13,17,30,33H,7-12,14-16H2,1H3,(H,28,29,34)/t17-/m1/s1. The van der Waals surface area contributed by atoms with Crippen molar-refractivity contribution in [3.05, 3.63) is 42.0 Å². The molecule has 200 valence electrons. The monoisotopic (exact) mass is 535 g/mol. The second-order valence-corrected chi connectivity index (χ2v) is 12.5. The first kappa shape index (κ1) is 25.7. The van der Waals surface area contributed by atoms with Crippen LogP contribution in [-0.2, 0) is 10.0 Å². The van der Waals surface area contributed by atoms with E-state index in [-0.39, 0.29) is 5.82 Å². The van der Waals surface area contributed by atoms with Gasteiger partial charge in [-0.05, 0) is 68.4 Å². The number of sulfonamides is 1. The van der Waals surface area contributed by atoms with Crippen LogP contribution >= 0.6 is 0 Å². The number of amides is 1. The summed E-state index contributed by atoms with van der Waals surface area (Å²) in [5.41, 5.74) is 1.67. The van der Waals surface area contributed by atoms with E-state index in [2.05, 4.69) is 19.9 Å². The summed E-state index contributed by atoms with van der Waals surface area (Å²) in [4.78, 5) is 21.2. The minimum Gasteiger partial charge on any atom is -0.395 e. The van der Waals surface area contributed by atoms with Crippen molar-refractivity contribution in [3.63, 3.8) is 0 Å². The second-order valence-electron chi connectivity index (χ2n) is 10.4. The number of benzene rings is 1. The smallest absolute Gasteiger partial charge is 0.282 e. The van der Waals surface area contributed by atoms with E-state index in [0.29, 0.717) is 28.2 Å². The summed E-state index contributed by atoms with van der Waals surface area (Å²) in [6, 6.07) is 9.58. The zero-order valence-electron chi connectivity index (χ0n) is 20.6. The van der Waals surface area contributed by atoms with Crippen LogP contribution in [0.2, 0.25) is 0 Å². The number of aliphatic hydroxyl groups is 1. The van der Waals surface area contributed by atoms with Crippen molar-refractivity contribution in [1.82, 2.24) is 4.98 Å². The minimum atomic E-state index is -3.81. The number of aliphatic hydroxyl groups excluding tert-OH is 1. The maximum atomic E-state index is 13.4. The van der Waals surface area contributed by atoms with E-state index < -0.39 is 46.8 Å². The predicted molar refractivity (Wildman–Crippen MR) is 138 cm³/mol. The molecular formula is C25H31F2N5O4S. The molecule has 0 radical (unpaired) electrons. The molecule has 12 heteroatoms. The topological polar surface area (TPSA) is 115 Å². The van der Waals surface area contributed by atoms with E-state index >= 15 is 0 Å². The Bertz CT molecular complexity index is 1280. The number of hydrogen-bond donors (Lipinski definition) is 3. The van der Waals surface area contributed by atoms with Crippen molar-refractivity contribution in [1.29, 1.82) is 0 Å². The fourth-order valence-electron chi connectivity index (χ4n) is 4.84.